The van der Waals surface area contributed by atoms with Crippen LogP contribution in [0.25, 0.3) is 33.2 Å². The number of pyridine rings is 1. The summed E-state index contributed by atoms with van der Waals surface area (Å²) < 4.78 is 21.2. The first kappa shape index (κ1) is 21.4. The Bertz CT molecular complexity index is 1960. The Labute approximate surface area is 220 Å². The van der Waals surface area contributed by atoms with Crippen molar-refractivity contribution >= 4 is 56.4 Å². The summed E-state index contributed by atoms with van der Waals surface area (Å²) in [5, 5.41) is 5.62. The quantitative estimate of drug-likeness (QED) is 0.269. The summed E-state index contributed by atoms with van der Waals surface area (Å²) in [7, 11) is 3.78. The van der Waals surface area contributed by atoms with E-state index in [9.17, 15) is 0 Å². The molecule has 0 fully saturated rings. The van der Waals surface area contributed by atoms with Crippen LogP contribution < -0.4 is 35.7 Å². The number of anilines is 2. The third-order valence-corrected chi connectivity index (χ3v) is 8.06. The first-order chi connectivity index (χ1) is 18.6. The van der Waals surface area contributed by atoms with Crippen LogP contribution in [0.3, 0.4) is 0 Å². The summed E-state index contributed by atoms with van der Waals surface area (Å²) in [6, 6.07) is 27.3. The van der Waals surface area contributed by atoms with Crippen molar-refractivity contribution < 1.29 is 18.5 Å². The van der Waals surface area contributed by atoms with E-state index in [1.807, 2.05) is 12.1 Å². The van der Waals surface area contributed by atoms with Gasteiger partial charge in [0.25, 0.3) is 6.71 Å². The Morgan fingerprint density at radius 3 is 2.55 bits per heavy atom. The first-order valence-electron chi connectivity index (χ1n) is 12.8. The zero-order valence-corrected chi connectivity index (χ0v) is 21.3. The number of aromatic nitrogens is 1. The van der Waals surface area contributed by atoms with Gasteiger partial charge in [-0.15, -0.1) is 0 Å². The van der Waals surface area contributed by atoms with Crippen molar-refractivity contribution in [1.82, 2.24) is 0 Å². The number of para-hydroxylation sites is 1. The molecule has 6 heteroatoms. The predicted molar refractivity (Wildman–Crippen MR) is 153 cm³/mol. The Hall–Kier alpha value is -4.71. The lowest BCUT2D eigenvalue weighted by atomic mass is 9.34. The number of furan rings is 1. The molecule has 0 saturated heterocycles. The number of nitrogens with zero attached hydrogens (tertiary/aromatic N) is 1. The largest absolute Gasteiger partial charge is 0.496 e. The van der Waals surface area contributed by atoms with E-state index in [1.54, 1.807) is 7.11 Å². The Morgan fingerprint density at radius 1 is 0.842 bits per heavy atom. The molecule has 0 amide bonds. The third-order valence-electron chi connectivity index (χ3n) is 8.06. The summed E-state index contributed by atoms with van der Waals surface area (Å²) in [6.07, 6.45) is 2.05. The van der Waals surface area contributed by atoms with Crippen LogP contribution in [0.15, 0.2) is 89.5 Å². The summed E-state index contributed by atoms with van der Waals surface area (Å²) in [5.41, 5.74) is 10.6. The fraction of sp³-hybridized carbons (Fsp3) is 0.0938. The maximum absolute atomic E-state index is 6.72. The van der Waals surface area contributed by atoms with E-state index >= 15 is 0 Å². The van der Waals surface area contributed by atoms with Gasteiger partial charge in [-0.05, 0) is 65.8 Å². The minimum absolute atomic E-state index is 0.0580. The summed E-state index contributed by atoms with van der Waals surface area (Å²) in [4.78, 5) is 0. The van der Waals surface area contributed by atoms with Gasteiger partial charge >= 0.3 is 0 Å². The van der Waals surface area contributed by atoms with Gasteiger partial charge < -0.3 is 19.2 Å². The van der Waals surface area contributed by atoms with E-state index in [2.05, 4.69) is 96.8 Å². The van der Waals surface area contributed by atoms with E-state index < -0.39 is 0 Å². The van der Waals surface area contributed by atoms with Crippen molar-refractivity contribution in [2.75, 3.05) is 12.4 Å². The first-order valence-corrected chi connectivity index (χ1v) is 12.8. The molecule has 0 aliphatic carbocycles. The van der Waals surface area contributed by atoms with Gasteiger partial charge in [-0.3, -0.25) is 0 Å². The lowest BCUT2D eigenvalue weighted by Crippen LogP contribution is -2.58. The molecule has 0 radical (unpaired) electrons. The normalized spacial score (nSPS) is 13.0. The Balaban J connectivity index is 1.44. The highest BCUT2D eigenvalue weighted by molar-refractivity contribution is 6.99. The second kappa shape index (κ2) is 7.65. The van der Waals surface area contributed by atoms with Crippen LogP contribution in [0.5, 0.6) is 17.2 Å². The van der Waals surface area contributed by atoms with E-state index in [1.165, 1.54) is 10.9 Å². The van der Waals surface area contributed by atoms with Gasteiger partial charge in [-0.2, -0.15) is 0 Å². The molecule has 8 rings (SSSR count). The average molecular weight is 495 g/mol. The fourth-order valence-corrected chi connectivity index (χ4v) is 6.28. The van der Waals surface area contributed by atoms with E-state index in [0.29, 0.717) is 0 Å². The SMILES string of the molecule is COc1cc2c(oc3cc4c(cc32)Oc2cccc3c2B4c2ccccc2N3)c(-c2cccc[n+]2C)c1C. The third kappa shape index (κ3) is 2.80. The molecule has 2 aliphatic heterocycles. The fourth-order valence-electron chi connectivity index (χ4n) is 6.28. The lowest BCUT2D eigenvalue weighted by molar-refractivity contribution is -0.660. The smallest absolute Gasteiger partial charge is 0.256 e. The van der Waals surface area contributed by atoms with Gasteiger partial charge in [-0.25, -0.2) is 4.57 Å². The number of methoxy groups -OCH3 is 1. The molecule has 4 heterocycles. The molecular weight excluding hydrogens is 471 g/mol. The number of ether oxygens (including phenoxy) is 2. The topological polar surface area (TPSA) is 47.5 Å². The van der Waals surface area contributed by atoms with Crippen LogP contribution in [0.2, 0.25) is 0 Å². The molecule has 0 bridgehead atoms. The van der Waals surface area contributed by atoms with Gasteiger partial charge in [0.1, 0.15) is 35.5 Å². The van der Waals surface area contributed by atoms with Gasteiger partial charge in [-0.1, -0.05) is 24.3 Å². The number of nitrogens with one attached hydrogen (secondary N) is 1. The minimum Gasteiger partial charge on any atom is -0.496 e. The van der Waals surface area contributed by atoms with Crippen molar-refractivity contribution in [3.05, 3.63) is 90.6 Å². The van der Waals surface area contributed by atoms with Crippen molar-refractivity contribution in [3.63, 3.8) is 0 Å². The van der Waals surface area contributed by atoms with Crippen LogP contribution in [0.1, 0.15) is 5.56 Å². The van der Waals surface area contributed by atoms with Gasteiger partial charge in [0, 0.05) is 39.8 Å². The second-order valence-corrected chi connectivity index (χ2v) is 10.1. The van der Waals surface area contributed by atoms with Gasteiger partial charge in [0.15, 0.2) is 6.20 Å². The number of fused-ring (bicyclic) bond motifs is 7. The number of rotatable bonds is 2. The van der Waals surface area contributed by atoms with Crippen molar-refractivity contribution in [1.29, 1.82) is 0 Å². The highest BCUT2D eigenvalue weighted by atomic mass is 16.5. The maximum Gasteiger partial charge on any atom is 0.256 e. The maximum atomic E-state index is 6.72. The molecule has 0 atom stereocenters. The Morgan fingerprint density at radius 2 is 1.68 bits per heavy atom. The van der Waals surface area contributed by atoms with Crippen LogP contribution in [0.4, 0.5) is 11.4 Å². The van der Waals surface area contributed by atoms with Gasteiger partial charge in [0.2, 0.25) is 5.69 Å². The van der Waals surface area contributed by atoms with Crippen LogP contribution >= 0.6 is 0 Å². The van der Waals surface area contributed by atoms with Crippen molar-refractivity contribution in [2.45, 2.75) is 6.92 Å². The second-order valence-electron chi connectivity index (χ2n) is 10.1. The number of hydrogen-bond acceptors (Lipinski definition) is 4. The van der Waals surface area contributed by atoms with Crippen molar-refractivity contribution in [2.24, 2.45) is 7.05 Å². The summed E-state index contributed by atoms with van der Waals surface area (Å²) >= 11 is 0. The number of benzene rings is 4. The molecule has 6 aromatic rings. The average Bonchev–Trinajstić information content (AvgIpc) is 3.28. The molecule has 1 N–H and O–H groups in total. The van der Waals surface area contributed by atoms with E-state index in [-0.39, 0.29) is 6.71 Å². The van der Waals surface area contributed by atoms with Crippen LogP contribution in [-0.4, -0.2) is 13.8 Å². The molecule has 182 valence electrons. The molecule has 0 saturated carbocycles. The zero-order valence-electron chi connectivity index (χ0n) is 21.3. The monoisotopic (exact) mass is 495 g/mol. The zero-order chi connectivity index (χ0) is 25.5. The molecule has 2 aliphatic rings. The van der Waals surface area contributed by atoms with Gasteiger partial charge in [0.05, 0.1) is 12.7 Å². The van der Waals surface area contributed by atoms with E-state index in [0.717, 1.165) is 72.8 Å². The number of aryl methyl sites for hydroxylation is 1. The molecule has 5 nitrogen and oxygen atoms in total. The highest BCUT2D eigenvalue weighted by Gasteiger charge is 2.39. The molecular formula is C32H24BN2O3+. The molecule has 0 spiro atoms. The predicted octanol–water partition coefficient (Wildman–Crippen LogP) is 5.07. The summed E-state index contributed by atoms with van der Waals surface area (Å²) in [5.74, 6) is 2.58. The molecule has 2 aromatic heterocycles. The van der Waals surface area contributed by atoms with Crippen molar-refractivity contribution in [3.8, 4) is 28.5 Å². The highest BCUT2D eigenvalue weighted by Crippen LogP contribution is 2.43. The van der Waals surface area contributed by atoms with Crippen LogP contribution in [-0.2, 0) is 7.05 Å². The number of hydrogen-bond donors (Lipinski definition) is 1. The Kier molecular flexibility index (Phi) is 4.31. The molecule has 4 aromatic carbocycles. The van der Waals surface area contributed by atoms with E-state index in [4.69, 9.17) is 13.9 Å². The minimum atomic E-state index is 0.0580. The lowest BCUT2D eigenvalue weighted by Gasteiger charge is -2.33. The standard InChI is InChI=1S/C32H24BN2O3/c1-18-27(36-3)16-20-19-15-29-22(17-28(19)38-32(20)30(18)25-12-6-7-14-35(25)2)33-21-9-4-5-10-23(21)34-24-11-8-13-26(37-29)31(24)33/h4-17,34H,1-3H3/q+1. The summed E-state index contributed by atoms with van der Waals surface area (Å²) in [6.45, 7) is 2.15. The molecule has 0 unspecified atom stereocenters. The molecule has 38 heavy (non-hydrogen) atoms. The van der Waals surface area contributed by atoms with Crippen LogP contribution in [0, 0.1) is 6.92 Å².